The van der Waals surface area contributed by atoms with Gasteiger partial charge in [-0.2, -0.15) is 0 Å². The van der Waals surface area contributed by atoms with Crippen LogP contribution in [0.4, 0.5) is 14.9 Å². The third kappa shape index (κ3) is 7.41. The lowest BCUT2D eigenvalue weighted by atomic mass is 9.91. The van der Waals surface area contributed by atoms with Crippen LogP contribution in [-0.2, 0) is 26.1 Å². The highest BCUT2D eigenvalue weighted by molar-refractivity contribution is 5.97. The molecule has 2 saturated heterocycles. The first-order valence-corrected chi connectivity index (χ1v) is 15.8. The topological polar surface area (TPSA) is 78.5 Å². The number of piperazine rings is 1. The molecule has 240 valence electrons. The maximum absolute atomic E-state index is 14.2. The quantitative estimate of drug-likeness (QED) is 0.479. The fourth-order valence-electron chi connectivity index (χ4n) is 6.55. The van der Waals surface area contributed by atoms with Crippen LogP contribution in [0, 0.1) is 5.82 Å². The van der Waals surface area contributed by atoms with Crippen molar-refractivity contribution < 1.29 is 23.5 Å². The second-order valence-electron chi connectivity index (χ2n) is 14.4. The third-order valence-corrected chi connectivity index (χ3v) is 8.90. The molecule has 0 saturated carbocycles. The van der Waals surface area contributed by atoms with Gasteiger partial charge >= 0.3 is 6.09 Å². The van der Waals surface area contributed by atoms with Gasteiger partial charge in [0.1, 0.15) is 11.4 Å². The molecule has 0 bridgehead atoms. The molecule has 0 radical (unpaired) electrons. The van der Waals surface area contributed by atoms with Crippen molar-refractivity contribution in [2.45, 2.75) is 84.0 Å². The molecule has 0 N–H and O–H groups in total. The molecule has 2 fully saturated rings. The van der Waals surface area contributed by atoms with E-state index in [1.165, 1.54) is 12.1 Å². The Labute approximate surface area is 261 Å². The molecule has 44 heavy (non-hydrogen) atoms. The summed E-state index contributed by atoms with van der Waals surface area (Å²) in [5.74, 6) is -0.238. The van der Waals surface area contributed by atoms with Crippen molar-refractivity contribution in [1.29, 1.82) is 0 Å². The Bertz CT molecular complexity index is 1340. The second kappa shape index (κ2) is 12.7. The van der Waals surface area contributed by atoms with Gasteiger partial charge in [0.05, 0.1) is 31.1 Å². The molecule has 0 spiro atoms. The van der Waals surface area contributed by atoms with Crippen LogP contribution < -0.4 is 4.90 Å². The molecule has 3 aliphatic rings. The van der Waals surface area contributed by atoms with Crippen molar-refractivity contribution in [2.75, 3.05) is 57.4 Å². The molecule has 3 aliphatic heterocycles. The number of amides is 2. The van der Waals surface area contributed by atoms with Gasteiger partial charge in [-0.05, 0) is 70.4 Å². The van der Waals surface area contributed by atoms with Crippen molar-refractivity contribution in [3.8, 4) is 0 Å². The number of carbonyl (C=O) groups is 2. The summed E-state index contributed by atoms with van der Waals surface area (Å²) >= 11 is 0. The zero-order valence-corrected chi connectivity index (χ0v) is 27.3. The van der Waals surface area contributed by atoms with Crippen LogP contribution in [0.5, 0.6) is 0 Å². The summed E-state index contributed by atoms with van der Waals surface area (Å²) in [7, 11) is 0. The van der Waals surface area contributed by atoms with Crippen LogP contribution in [0.25, 0.3) is 0 Å². The molecular formula is C34H48FN5O4. The average molecular weight is 610 g/mol. The lowest BCUT2D eigenvalue weighted by molar-refractivity contribution is -0.121. The molecular weight excluding hydrogens is 561 g/mol. The molecule has 1 aromatic carbocycles. The molecule has 3 atom stereocenters. The lowest BCUT2D eigenvalue weighted by Gasteiger charge is -2.47. The number of hydrogen-bond acceptors (Lipinski definition) is 7. The van der Waals surface area contributed by atoms with E-state index in [4.69, 9.17) is 14.5 Å². The predicted molar refractivity (Wildman–Crippen MR) is 168 cm³/mol. The van der Waals surface area contributed by atoms with E-state index in [0.29, 0.717) is 39.3 Å². The number of hydrogen-bond donors (Lipinski definition) is 0. The Balaban J connectivity index is 1.36. The van der Waals surface area contributed by atoms with Crippen molar-refractivity contribution in [3.63, 3.8) is 0 Å². The van der Waals surface area contributed by atoms with Crippen LogP contribution in [0.2, 0.25) is 0 Å². The minimum Gasteiger partial charge on any atom is -0.444 e. The summed E-state index contributed by atoms with van der Waals surface area (Å²) in [6, 6.07) is 8.66. The van der Waals surface area contributed by atoms with E-state index < -0.39 is 5.60 Å². The largest absolute Gasteiger partial charge is 0.444 e. The molecule has 5 rings (SSSR count). The number of carbonyl (C=O) groups excluding carboxylic acids is 2. The fourth-order valence-corrected chi connectivity index (χ4v) is 6.55. The van der Waals surface area contributed by atoms with Gasteiger partial charge in [0.2, 0.25) is 5.91 Å². The second-order valence-corrected chi connectivity index (χ2v) is 14.4. The predicted octanol–water partition coefficient (Wildman–Crippen LogP) is 4.47. The van der Waals surface area contributed by atoms with Crippen LogP contribution in [0.15, 0.2) is 36.5 Å². The Morgan fingerprint density at radius 2 is 1.80 bits per heavy atom. The minimum atomic E-state index is -0.586. The van der Waals surface area contributed by atoms with Crippen LogP contribution >= 0.6 is 0 Å². The summed E-state index contributed by atoms with van der Waals surface area (Å²) in [6.45, 7) is 18.8. The molecule has 0 unspecified atom stereocenters. The molecule has 10 heteroatoms. The van der Waals surface area contributed by atoms with Crippen molar-refractivity contribution in [1.82, 2.24) is 19.7 Å². The van der Waals surface area contributed by atoms with Crippen LogP contribution in [0.1, 0.15) is 65.3 Å². The highest BCUT2D eigenvalue weighted by Crippen LogP contribution is 2.40. The Hall–Kier alpha value is -3.08. The summed E-state index contributed by atoms with van der Waals surface area (Å²) in [4.78, 5) is 40.5. The molecule has 9 nitrogen and oxygen atoms in total. The number of pyridine rings is 1. The molecule has 0 aliphatic carbocycles. The smallest absolute Gasteiger partial charge is 0.410 e. The first-order chi connectivity index (χ1) is 20.7. The van der Waals surface area contributed by atoms with E-state index in [9.17, 15) is 14.0 Å². The third-order valence-electron chi connectivity index (χ3n) is 8.90. The number of ether oxygens (including phenoxy) is 2. The van der Waals surface area contributed by atoms with Gasteiger partial charge in [-0.3, -0.25) is 19.6 Å². The van der Waals surface area contributed by atoms with Gasteiger partial charge in [-0.25, -0.2) is 9.18 Å². The Kier molecular flexibility index (Phi) is 9.35. The maximum Gasteiger partial charge on any atom is 0.410 e. The first-order valence-electron chi connectivity index (χ1n) is 15.8. The highest BCUT2D eigenvalue weighted by Gasteiger charge is 2.43. The van der Waals surface area contributed by atoms with Gasteiger partial charge in [0.25, 0.3) is 0 Å². The number of aromatic nitrogens is 1. The summed E-state index contributed by atoms with van der Waals surface area (Å²) < 4.78 is 24.9. The molecule has 1 aromatic heterocycles. The van der Waals surface area contributed by atoms with E-state index in [1.807, 2.05) is 43.7 Å². The van der Waals surface area contributed by atoms with Crippen molar-refractivity contribution >= 4 is 17.7 Å². The lowest BCUT2D eigenvalue weighted by Crippen LogP contribution is -2.64. The zero-order valence-electron chi connectivity index (χ0n) is 27.3. The Morgan fingerprint density at radius 3 is 2.48 bits per heavy atom. The summed E-state index contributed by atoms with van der Waals surface area (Å²) in [5.41, 5.74) is 2.85. The van der Waals surface area contributed by atoms with E-state index in [0.717, 1.165) is 35.6 Å². The first kappa shape index (κ1) is 32.3. The normalized spacial score (nSPS) is 24.3. The standard InChI is InChI=1S/C34H48FN5O4/c1-23-17-38(28(18-37-12-13-43-21-24(37)2)19-39(23)32(42)44-33(3,4)5)20-30(41)40-22-34(6,7)31-29(40)15-26(16-36-31)14-25-8-10-27(35)11-9-25/h8-11,15-16,23-24,28H,12-14,17-22H2,1-7H3/t23-,24+,28+/m1/s1. The van der Waals surface area contributed by atoms with Gasteiger partial charge in [-0.15, -0.1) is 0 Å². The van der Waals surface area contributed by atoms with E-state index in [2.05, 4.69) is 36.6 Å². The van der Waals surface area contributed by atoms with Crippen LogP contribution in [-0.4, -0.2) is 108 Å². The van der Waals surface area contributed by atoms with Crippen molar-refractivity contribution in [2.24, 2.45) is 0 Å². The number of morpholine rings is 1. The molecule has 2 amide bonds. The summed E-state index contributed by atoms with van der Waals surface area (Å²) in [6.07, 6.45) is 2.16. The number of fused-ring (bicyclic) bond motifs is 1. The SMILES string of the molecule is C[C@@H]1CN(CC(=O)N2CC(C)(C)c3ncc(Cc4ccc(F)cc4)cc32)[C@@H](CN2CCOC[C@@H]2C)CN1C(=O)OC(C)(C)C. The maximum atomic E-state index is 14.2. The number of benzene rings is 1. The molecule has 4 heterocycles. The fraction of sp³-hybridized carbons (Fsp3) is 0.618. The number of anilines is 1. The number of nitrogens with zero attached hydrogens (tertiary/aromatic N) is 5. The summed E-state index contributed by atoms with van der Waals surface area (Å²) in [5, 5.41) is 0. The Morgan fingerprint density at radius 1 is 1.07 bits per heavy atom. The van der Waals surface area contributed by atoms with Gasteiger partial charge in [0, 0.05) is 62.5 Å². The zero-order chi connectivity index (χ0) is 31.8. The van der Waals surface area contributed by atoms with Gasteiger partial charge < -0.3 is 19.3 Å². The monoisotopic (exact) mass is 609 g/mol. The van der Waals surface area contributed by atoms with Crippen molar-refractivity contribution in [3.05, 3.63) is 59.2 Å². The number of rotatable bonds is 6. The van der Waals surface area contributed by atoms with Gasteiger partial charge in [-0.1, -0.05) is 26.0 Å². The minimum absolute atomic E-state index is 0.0236. The van der Waals surface area contributed by atoms with E-state index in [-0.39, 0.29) is 47.9 Å². The number of halogens is 1. The van der Waals surface area contributed by atoms with Gasteiger partial charge in [0.15, 0.2) is 0 Å². The van der Waals surface area contributed by atoms with Crippen LogP contribution in [0.3, 0.4) is 0 Å². The van der Waals surface area contributed by atoms with E-state index >= 15 is 0 Å². The molecule has 2 aromatic rings. The highest BCUT2D eigenvalue weighted by atomic mass is 19.1. The average Bonchev–Trinajstić information content (AvgIpc) is 3.21. The van der Waals surface area contributed by atoms with E-state index in [1.54, 1.807) is 12.1 Å².